The van der Waals surface area contributed by atoms with E-state index in [2.05, 4.69) is 24.1 Å². The second-order valence-electron chi connectivity index (χ2n) is 7.18. The summed E-state index contributed by atoms with van der Waals surface area (Å²) < 4.78 is 0. The van der Waals surface area contributed by atoms with Crippen molar-refractivity contribution in [3.63, 3.8) is 0 Å². The molecule has 0 amide bonds. The van der Waals surface area contributed by atoms with E-state index >= 15 is 0 Å². The van der Waals surface area contributed by atoms with Gasteiger partial charge in [-0.15, -0.1) is 0 Å². The molecule has 2 rings (SSSR count). The van der Waals surface area contributed by atoms with E-state index in [9.17, 15) is 0 Å². The van der Waals surface area contributed by atoms with Gasteiger partial charge in [0.1, 0.15) is 0 Å². The molecule has 20 heavy (non-hydrogen) atoms. The van der Waals surface area contributed by atoms with E-state index in [0.29, 0.717) is 5.54 Å². The molecule has 2 nitrogen and oxygen atoms in total. The van der Waals surface area contributed by atoms with Crippen molar-refractivity contribution < 1.29 is 0 Å². The molecule has 118 valence electrons. The highest BCUT2D eigenvalue weighted by Crippen LogP contribution is 2.31. The van der Waals surface area contributed by atoms with Gasteiger partial charge in [-0.1, -0.05) is 52.4 Å². The summed E-state index contributed by atoms with van der Waals surface area (Å²) in [7, 11) is 0. The quantitative estimate of drug-likeness (QED) is 0.778. The van der Waals surface area contributed by atoms with Crippen LogP contribution in [-0.4, -0.2) is 36.1 Å². The minimum absolute atomic E-state index is 0.465. The van der Waals surface area contributed by atoms with Crippen LogP contribution in [0, 0.1) is 0 Å². The first-order chi connectivity index (χ1) is 9.79. The third-order valence-corrected chi connectivity index (χ3v) is 5.47. The minimum Gasteiger partial charge on any atom is -0.310 e. The van der Waals surface area contributed by atoms with Crippen molar-refractivity contribution in [1.82, 2.24) is 10.2 Å². The van der Waals surface area contributed by atoms with E-state index in [-0.39, 0.29) is 0 Å². The van der Waals surface area contributed by atoms with Crippen molar-refractivity contribution in [2.45, 2.75) is 96.1 Å². The Bertz CT molecular complexity index is 258. The summed E-state index contributed by atoms with van der Waals surface area (Å²) in [5, 5.41) is 3.94. The number of rotatable bonds is 6. The molecule has 0 radical (unpaired) electrons. The van der Waals surface area contributed by atoms with Gasteiger partial charge in [0.15, 0.2) is 0 Å². The Kier molecular flexibility index (Phi) is 6.83. The Labute approximate surface area is 126 Å². The fraction of sp³-hybridized carbons (Fsp3) is 1.00. The molecule has 0 aromatic carbocycles. The number of hydrogen-bond donors (Lipinski definition) is 1. The van der Waals surface area contributed by atoms with Crippen LogP contribution in [0.4, 0.5) is 0 Å². The van der Waals surface area contributed by atoms with Crippen LogP contribution < -0.4 is 5.32 Å². The first-order valence-electron chi connectivity index (χ1n) is 9.29. The molecule has 1 aliphatic carbocycles. The molecule has 1 atom stereocenters. The Morgan fingerprint density at radius 2 is 1.80 bits per heavy atom. The monoisotopic (exact) mass is 280 g/mol. The van der Waals surface area contributed by atoms with Crippen LogP contribution in [0.3, 0.4) is 0 Å². The summed E-state index contributed by atoms with van der Waals surface area (Å²) in [5.74, 6) is 0. The van der Waals surface area contributed by atoms with Gasteiger partial charge in [0, 0.05) is 18.1 Å². The molecule has 1 heterocycles. The standard InChI is InChI=1S/C18H36N2/c1-3-5-11-17(10-4-2)20-15-9-14-19-18(16-20)12-7-6-8-13-18/h17,19H,3-16H2,1-2H3. The highest BCUT2D eigenvalue weighted by atomic mass is 15.2. The van der Waals surface area contributed by atoms with E-state index in [1.165, 1.54) is 90.3 Å². The predicted molar refractivity (Wildman–Crippen MR) is 88.2 cm³/mol. The molecule has 2 fully saturated rings. The maximum atomic E-state index is 3.94. The van der Waals surface area contributed by atoms with Gasteiger partial charge in [0.2, 0.25) is 0 Å². The van der Waals surface area contributed by atoms with Crippen LogP contribution >= 0.6 is 0 Å². The third-order valence-electron chi connectivity index (χ3n) is 5.47. The second kappa shape index (κ2) is 8.38. The van der Waals surface area contributed by atoms with Gasteiger partial charge in [-0.25, -0.2) is 0 Å². The average Bonchev–Trinajstić information content (AvgIpc) is 2.67. The topological polar surface area (TPSA) is 15.3 Å². The van der Waals surface area contributed by atoms with Crippen molar-refractivity contribution >= 4 is 0 Å². The molecule has 0 bridgehead atoms. The normalized spacial score (nSPS) is 25.5. The zero-order chi connectivity index (χ0) is 14.3. The summed E-state index contributed by atoms with van der Waals surface area (Å²) >= 11 is 0. The van der Waals surface area contributed by atoms with Crippen molar-refractivity contribution in [1.29, 1.82) is 0 Å². The van der Waals surface area contributed by atoms with Crippen LogP contribution in [0.25, 0.3) is 0 Å². The van der Waals surface area contributed by atoms with E-state index in [0.717, 1.165) is 6.04 Å². The molecule has 0 aromatic heterocycles. The fourth-order valence-corrected chi connectivity index (χ4v) is 4.32. The summed E-state index contributed by atoms with van der Waals surface area (Å²) in [6.45, 7) is 8.56. The van der Waals surface area contributed by atoms with Gasteiger partial charge in [-0.05, 0) is 45.2 Å². The largest absolute Gasteiger partial charge is 0.310 e. The van der Waals surface area contributed by atoms with Crippen LogP contribution in [0.15, 0.2) is 0 Å². The lowest BCUT2D eigenvalue weighted by Gasteiger charge is -2.42. The zero-order valence-electron chi connectivity index (χ0n) is 13.9. The van der Waals surface area contributed by atoms with E-state index in [1.807, 2.05) is 0 Å². The first-order valence-corrected chi connectivity index (χ1v) is 9.29. The Hall–Kier alpha value is -0.0800. The predicted octanol–water partition coefficient (Wildman–Crippen LogP) is 4.34. The number of hydrogen-bond acceptors (Lipinski definition) is 2. The smallest absolute Gasteiger partial charge is 0.0308 e. The van der Waals surface area contributed by atoms with Gasteiger partial charge in [-0.2, -0.15) is 0 Å². The Morgan fingerprint density at radius 1 is 1.00 bits per heavy atom. The Morgan fingerprint density at radius 3 is 2.50 bits per heavy atom. The minimum atomic E-state index is 0.465. The second-order valence-corrected chi connectivity index (χ2v) is 7.18. The SMILES string of the molecule is CCCCC(CCC)N1CCCNC2(CCCCC2)C1. The van der Waals surface area contributed by atoms with Gasteiger partial charge < -0.3 is 5.32 Å². The number of unbranched alkanes of at least 4 members (excludes halogenated alkanes) is 1. The highest BCUT2D eigenvalue weighted by Gasteiger charge is 2.36. The fourth-order valence-electron chi connectivity index (χ4n) is 4.32. The highest BCUT2D eigenvalue weighted by molar-refractivity contribution is 4.96. The van der Waals surface area contributed by atoms with Crippen LogP contribution in [-0.2, 0) is 0 Å². The molecule has 2 heteroatoms. The molecular formula is C18H36N2. The molecule has 1 aliphatic heterocycles. The molecule has 1 saturated carbocycles. The van der Waals surface area contributed by atoms with Crippen molar-refractivity contribution in [3.8, 4) is 0 Å². The maximum Gasteiger partial charge on any atom is 0.0308 e. The van der Waals surface area contributed by atoms with Crippen LogP contribution in [0.2, 0.25) is 0 Å². The van der Waals surface area contributed by atoms with Gasteiger partial charge in [0.05, 0.1) is 0 Å². The molecule has 1 saturated heterocycles. The van der Waals surface area contributed by atoms with Gasteiger partial charge in [-0.3, -0.25) is 4.90 Å². The summed E-state index contributed by atoms with van der Waals surface area (Å²) in [6.07, 6.45) is 15.4. The zero-order valence-corrected chi connectivity index (χ0v) is 13.9. The van der Waals surface area contributed by atoms with Gasteiger partial charge in [0.25, 0.3) is 0 Å². The summed E-state index contributed by atoms with van der Waals surface area (Å²) in [4.78, 5) is 2.87. The third kappa shape index (κ3) is 4.46. The number of nitrogens with zero attached hydrogens (tertiary/aromatic N) is 1. The molecule has 1 unspecified atom stereocenters. The first kappa shape index (κ1) is 16.3. The summed E-state index contributed by atoms with van der Waals surface area (Å²) in [6, 6.07) is 0.846. The van der Waals surface area contributed by atoms with E-state index < -0.39 is 0 Å². The Balaban J connectivity index is 1.99. The lowest BCUT2D eigenvalue weighted by Crippen LogP contribution is -2.54. The van der Waals surface area contributed by atoms with E-state index in [1.54, 1.807) is 0 Å². The summed E-state index contributed by atoms with van der Waals surface area (Å²) in [5.41, 5.74) is 0.465. The van der Waals surface area contributed by atoms with Crippen LogP contribution in [0.1, 0.15) is 84.5 Å². The van der Waals surface area contributed by atoms with Crippen LogP contribution in [0.5, 0.6) is 0 Å². The van der Waals surface area contributed by atoms with E-state index in [4.69, 9.17) is 0 Å². The molecule has 2 aliphatic rings. The maximum absolute atomic E-state index is 3.94. The number of nitrogens with one attached hydrogen (secondary N) is 1. The lowest BCUT2D eigenvalue weighted by molar-refractivity contribution is 0.116. The molecular weight excluding hydrogens is 244 g/mol. The molecule has 1 N–H and O–H groups in total. The van der Waals surface area contributed by atoms with Gasteiger partial charge >= 0.3 is 0 Å². The van der Waals surface area contributed by atoms with Crippen molar-refractivity contribution in [3.05, 3.63) is 0 Å². The van der Waals surface area contributed by atoms with Crippen molar-refractivity contribution in [2.75, 3.05) is 19.6 Å². The molecule has 1 spiro atoms. The van der Waals surface area contributed by atoms with Crippen molar-refractivity contribution in [2.24, 2.45) is 0 Å². The average molecular weight is 280 g/mol. The lowest BCUT2D eigenvalue weighted by atomic mass is 9.81. The molecule has 0 aromatic rings.